The van der Waals surface area contributed by atoms with Gasteiger partial charge in [0.15, 0.2) is 0 Å². The molecule has 0 bridgehead atoms. The first-order chi connectivity index (χ1) is 16.1. The molecule has 34 heavy (non-hydrogen) atoms. The van der Waals surface area contributed by atoms with Gasteiger partial charge >= 0.3 is 6.18 Å². The highest BCUT2D eigenvalue weighted by Gasteiger charge is 2.51. The third kappa shape index (κ3) is 4.37. The highest BCUT2D eigenvalue weighted by atomic mass is 19.4. The zero-order valence-corrected chi connectivity index (χ0v) is 19.5. The fourth-order valence-corrected chi connectivity index (χ4v) is 5.46. The van der Waals surface area contributed by atoms with Crippen LogP contribution in [0.2, 0.25) is 0 Å². The number of nitrogens with one attached hydrogen (secondary N) is 1. The number of aromatic nitrogens is 1. The maximum atomic E-state index is 13.4. The molecular formula is C24H28F3N5O2. The number of hydrogen-bond acceptors (Lipinski definition) is 6. The molecule has 2 aromatic rings. The van der Waals surface area contributed by atoms with Crippen LogP contribution in [0.1, 0.15) is 41.0 Å². The lowest BCUT2D eigenvalue weighted by molar-refractivity contribution is -0.137. The van der Waals surface area contributed by atoms with E-state index in [-0.39, 0.29) is 22.8 Å². The second kappa shape index (κ2) is 8.95. The maximum absolute atomic E-state index is 13.4. The Morgan fingerprint density at radius 3 is 2.59 bits per heavy atom. The Bertz CT molecular complexity index is 1090. The number of hydrogen-bond donors (Lipinski definition) is 1. The minimum Gasteiger partial charge on any atom is -0.371 e. The maximum Gasteiger partial charge on any atom is 0.417 e. The van der Waals surface area contributed by atoms with Gasteiger partial charge < -0.3 is 14.7 Å². The fourth-order valence-electron chi connectivity index (χ4n) is 5.46. The van der Waals surface area contributed by atoms with Crippen molar-refractivity contribution in [2.24, 2.45) is 11.3 Å². The highest BCUT2D eigenvalue weighted by Crippen LogP contribution is 2.46. The largest absolute Gasteiger partial charge is 0.417 e. The molecule has 1 unspecified atom stereocenters. The molecule has 1 aromatic carbocycles. The molecule has 182 valence electrons. The molecule has 10 heteroatoms. The number of anilines is 1. The molecular weight excluding hydrogens is 447 g/mol. The number of piperidine rings is 1. The van der Waals surface area contributed by atoms with Gasteiger partial charge in [-0.05, 0) is 50.3 Å². The molecule has 1 amide bonds. The number of aryl methyl sites for hydroxylation is 2. The third-order valence-corrected chi connectivity index (χ3v) is 7.40. The van der Waals surface area contributed by atoms with E-state index in [2.05, 4.69) is 15.4 Å². The van der Waals surface area contributed by atoms with Crippen LogP contribution in [-0.4, -0.2) is 49.2 Å². The number of nitriles is 1. The zero-order chi connectivity index (χ0) is 24.7. The van der Waals surface area contributed by atoms with E-state index in [4.69, 9.17) is 9.78 Å². The van der Waals surface area contributed by atoms with Gasteiger partial charge in [-0.15, -0.1) is 0 Å². The van der Waals surface area contributed by atoms with E-state index in [0.29, 0.717) is 44.7 Å². The number of nitrogens with zero attached hydrogens (tertiary/aromatic N) is 4. The molecule has 0 saturated carbocycles. The van der Waals surface area contributed by atoms with Crippen LogP contribution in [0.15, 0.2) is 22.7 Å². The predicted octanol–water partition coefficient (Wildman–Crippen LogP) is 3.65. The fraction of sp³-hybridized carbons (Fsp3) is 0.542. The number of halogens is 3. The second-order valence-corrected chi connectivity index (χ2v) is 9.33. The van der Waals surface area contributed by atoms with Crippen molar-refractivity contribution in [2.75, 3.05) is 38.1 Å². The van der Waals surface area contributed by atoms with Crippen molar-refractivity contribution >= 4 is 11.6 Å². The van der Waals surface area contributed by atoms with Gasteiger partial charge in [0.1, 0.15) is 5.76 Å². The molecule has 2 aliphatic rings. The zero-order valence-electron chi connectivity index (χ0n) is 19.5. The lowest BCUT2D eigenvalue weighted by atomic mass is 9.70. The Balaban J connectivity index is 1.53. The van der Waals surface area contributed by atoms with E-state index in [9.17, 15) is 18.0 Å². The minimum absolute atomic E-state index is 0.00700. The Morgan fingerprint density at radius 1 is 1.32 bits per heavy atom. The number of benzene rings is 1. The number of amides is 1. The Hall–Kier alpha value is -3.06. The Labute approximate surface area is 196 Å². The lowest BCUT2D eigenvalue weighted by Gasteiger charge is -2.43. The average Bonchev–Trinajstić information content (AvgIpc) is 3.32. The van der Waals surface area contributed by atoms with E-state index in [1.165, 1.54) is 6.07 Å². The average molecular weight is 476 g/mol. The van der Waals surface area contributed by atoms with Crippen molar-refractivity contribution in [2.45, 2.75) is 39.4 Å². The van der Waals surface area contributed by atoms with Crippen LogP contribution in [0.25, 0.3) is 0 Å². The van der Waals surface area contributed by atoms with Gasteiger partial charge in [-0.25, -0.2) is 0 Å². The molecule has 4 rings (SSSR count). The van der Waals surface area contributed by atoms with Crippen LogP contribution in [0, 0.1) is 36.5 Å². The summed E-state index contributed by atoms with van der Waals surface area (Å²) < 4.78 is 45.6. The smallest absolute Gasteiger partial charge is 0.371 e. The molecule has 2 fully saturated rings. The van der Waals surface area contributed by atoms with Gasteiger partial charge in [0, 0.05) is 51.0 Å². The molecule has 0 aliphatic carbocycles. The van der Waals surface area contributed by atoms with E-state index in [1.54, 1.807) is 19.2 Å². The van der Waals surface area contributed by atoms with Gasteiger partial charge in [-0.2, -0.15) is 18.4 Å². The predicted molar refractivity (Wildman–Crippen MR) is 119 cm³/mol. The molecule has 7 nitrogen and oxygen atoms in total. The molecule has 1 N–H and O–H groups in total. The van der Waals surface area contributed by atoms with Crippen LogP contribution in [0.3, 0.4) is 0 Å². The summed E-state index contributed by atoms with van der Waals surface area (Å²) in [5, 5.41) is 15.9. The number of likely N-dealkylation sites (tertiary alicyclic amines) is 1. The lowest BCUT2D eigenvalue weighted by Crippen LogP contribution is -2.48. The van der Waals surface area contributed by atoms with Crippen LogP contribution in [0.4, 0.5) is 18.9 Å². The summed E-state index contributed by atoms with van der Waals surface area (Å²) in [7, 11) is 1.64. The van der Waals surface area contributed by atoms with Gasteiger partial charge in [0.2, 0.25) is 5.91 Å². The summed E-state index contributed by atoms with van der Waals surface area (Å²) in [6.45, 7) is 6.83. The molecule has 0 radical (unpaired) electrons. The standard InChI is InChI=1S/C24H28F3N5O2/c1-15-19(16(2)34-30-15)12-31-13-21(22(33)29-3)23(14-31)6-8-32(9-7-23)18-5-4-17(11-28)20(10-18)24(25,26)27/h4-5,10,21H,6-9,12-14H2,1-3H3,(H,29,33). The Morgan fingerprint density at radius 2 is 2.03 bits per heavy atom. The molecule has 2 aliphatic heterocycles. The molecule has 1 atom stereocenters. The van der Waals surface area contributed by atoms with Crippen molar-refractivity contribution in [3.63, 3.8) is 0 Å². The van der Waals surface area contributed by atoms with E-state index in [0.717, 1.165) is 29.6 Å². The van der Waals surface area contributed by atoms with Gasteiger partial charge in [-0.1, -0.05) is 5.16 Å². The van der Waals surface area contributed by atoms with Crippen molar-refractivity contribution < 1.29 is 22.5 Å². The summed E-state index contributed by atoms with van der Waals surface area (Å²) >= 11 is 0. The van der Waals surface area contributed by atoms with E-state index < -0.39 is 11.7 Å². The molecule has 3 heterocycles. The highest BCUT2D eigenvalue weighted by molar-refractivity contribution is 5.80. The Kier molecular flexibility index (Phi) is 6.34. The van der Waals surface area contributed by atoms with Crippen molar-refractivity contribution in [3.05, 3.63) is 46.3 Å². The first-order valence-electron chi connectivity index (χ1n) is 11.3. The second-order valence-electron chi connectivity index (χ2n) is 9.33. The number of carbonyl (C=O) groups excluding carboxylic acids is 1. The topological polar surface area (TPSA) is 85.4 Å². The number of carbonyl (C=O) groups is 1. The summed E-state index contributed by atoms with van der Waals surface area (Å²) in [6, 6.07) is 5.49. The van der Waals surface area contributed by atoms with Crippen LogP contribution in [0.5, 0.6) is 0 Å². The van der Waals surface area contributed by atoms with Gasteiger partial charge in [0.25, 0.3) is 0 Å². The first-order valence-corrected chi connectivity index (χ1v) is 11.3. The molecule has 2 saturated heterocycles. The minimum atomic E-state index is -4.59. The summed E-state index contributed by atoms with van der Waals surface area (Å²) in [6.07, 6.45) is -3.22. The first kappa shape index (κ1) is 24.1. The van der Waals surface area contributed by atoms with Gasteiger partial charge in [-0.3, -0.25) is 9.69 Å². The van der Waals surface area contributed by atoms with Crippen molar-refractivity contribution in [3.8, 4) is 6.07 Å². The van der Waals surface area contributed by atoms with Crippen LogP contribution < -0.4 is 10.2 Å². The third-order valence-electron chi connectivity index (χ3n) is 7.40. The summed E-state index contributed by atoms with van der Waals surface area (Å²) in [4.78, 5) is 17.0. The normalized spacial score (nSPS) is 20.5. The van der Waals surface area contributed by atoms with Crippen molar-refractivity contribution in [1.82, 2.24) is 15.4 Å². The van der Waals surface area contributed by atoms with Crippen LogP contribution >= 0.6 is 0 Å². The summed E-state index contributed by atoms with van der Waals surface area (Å²) in [5.74, 6) is 0.560. The van der Waals surface area contributed by atoms with E-state index in [1.807, 2.05) is 18.7 Å². The SMILES string of the molecule is CNC(=O)C1CN(Cc2c(C)noc2C)CC12CCN(c1ccc(C#N)c(C(F)(F)F)c1)CC2. The van der Waals surface area contributed by atoms with Gasteiger partial charge in [0.05, 0.1) is 28.8 Å². The van der Waals surface area contributed by atoms with E-state index >= 15 is 0 Å². The molecule has 1 spiro atoms. The number of alkyl halides is 3. The monoisotopic (exact) mass is 475 g/mol. The summed E-state index contributed by atoms with van der Waals surface area (Å²) in [5.41, 5.74) is 0.768. The quantitative estimate of drug-likeness (QED) is 0.727. The number of rotatable bonds is 4. The molecule has 1 aromatic heterocycles. The van der Waals surface area contributed by atoms with Crippen molar-refractivity contribution in [1.29, 1.82) is 5.26 Å². The van der Waals surface area contributed by atoms with Crippen LogP contribution in [-0.2, 0) is 17.5 Å².